The van der Waals surface area contributed by atoms with Gasteiger partial charge in [0.05, 0.1) is 11.4 Å². The summed E-state index contributed by atoms with van der Waals surface area (Å²) in [5, 5.41) is 6.81. The number of anilines is 2. The highest BCUT2D eigenvalue weighted by molar-refractivity contribution is 9.11. The van der Waals surface area contributed by atoms with Crippen LogP contribution in [0, 0.1) is 0 Å². The van der Waals surface area contributed by atoms with Gasteiger partial charge in [-0.3, -0.25) is 0 Å². The molecule has 0 aliphatic rings. The third-order valence-corrected chi connectivity index (χ3v) is 5.30. The Kier molecular flexibility index (Phi) is 8.64. The lowest BCUT2D eigenvalue weighted by molar-refractivity contribution is 1.07. The van der Waals surface area contributed by atoms with E-state index in [2.05, 4.69) is 74.4 Å². The highest BCUT2D eigenvalue weighted by Crippen LogP contribution is 2.31. The number of halogens is 5. The number of rotatable bonds is 5. The molecule has 2 rings (SSSR count). The van der Waals surface area contributed by atoms with Crippen molar-refractivity contribution in [2.75, 3.05) is 23.7 Å². The highest BCUT2D eigenvalue weighted by Gasteiger charge is 2.05. The molecule has 0 bridgehead atoms. The average molecular weight is 564 g/mol. The van der Waals surface area contributed by atoms with Gasteiger partial charge in [-0.05, 0) is 88.0 Å². The molecule has 0 saturated heterocycles. The van der Waals surface area contributed by atoms with Crippen molar-refractivity contribution >= 4 is 87.5 Å². The largest absolute Gasteiger partial charge is 0.381 e. The molecule has 0 fully saturated rings. The van der Waals surface area contributed by atoms with Crippen molar-refractivity contribution in [1.82, 2.24) is 0 Å². The summed E-state index contributed by atoms with van der Waals surface area (Å²) in [4.78, 5) is 0. The lowest BCUT2D eigenvalue weighted by Gasteiger charge is -2.13. The average Bonchev–Trinajstić information content (AvgIpc) is 2.40. The molecule has 0 aromatic heterocycles. The Morgan fingerprint density at radius 1 is 0.619 bits per heavy atom. The number of benzene rings is 2. The van der Waals surface area contributed by atoms with E-state index in [0.717, 1.165) is 42.4 Å². The molecule has 2 nitrogen and oxygen atoms in total. The molecule has 0 radical (unpaired) electrons. The second-order valence-corrected chi connectivity index (χ2v) is 7.46. The maximum atomic E-state index is 3.54. The van der Waals surface area contributed by atoms with Crippen LogP contribution in [0.5, 0.6) is 0 Å². The number of para-hydroxylation sites is 2. The van der Waals surface area contributed by atoms with Gasteiger partial charge in [0.1, 0.15) is 0 Å². The molecule has 21 heavy (non-hydrogen) atoms. The molecule has 2 aromatic carbocycles. The van der Waals surface area contributed by atoms with E-state index in [-0.39, 0.29) is 12.4 Å². The number of hydrogen-bond acceptors (Lipinski definition) is 2. The summed E-state index contributed by atoms with van der Waals surface area (Å²) >= 11 is 14.2. The van der Waals surface area contributed by atoms with Crippen LogP contribution in [-0.4, -0.2) is 13.1 Å². The molecule has 0 amide bonds. The Bertz CT molecular complexity index is 514. The fraction of sp³-hybridized carbons (Fsp3) is 0.143. The molecule has 0 saturated carbocycles. The van der Waals surface area contributed by atoms with Gasteiger partial charge in [0, 0.05) is 31.0 Å². The van der Waals surface area contributed by atoms with Gasteiger partial charge in [0.15, 0.2) is 0 Å². The van der Waals surface area contributed by atoms with E-state index >= 15 is 0 Å². The van der Waals surface area contributed by atoms with Crippen molar-refractivity contribution in [3.05, 3.63) is 54.3 Å². The zero-order valence-corrected chi connectivity index (χ0v) is 18.0. The maximum absolute atomic E-state index is 3.54. The van der Waals surface area contributed by atoms with E-state index in [1.165, 1.54) is 0 Å². The zero-order chi connectivity index (χ0) is 14.5. The summed E-state index contributed by atoms with van der Waals surface area (Å²) in [7, 11) is 0. The summed E-state index contributed by atoms with van der Waals surface area (Å²) in [5.74, 6) is 0. The number of hydrogen-bond donors (Lipinski definition) is 2. The highest BCUT2D eigenvalue weighted by atomic mass is 79.9. The van der Waals surface area contributed by atoms with Gasteiger partial charge in [-0.2, -0.15) is 0 Å². The lowest BCUT2D eigenvalue weighted by Crippen LogP contribution is -2.14. The fourth-order valence-corrected chi connectivity index (χ4v) is 4.27. The van der Waals surface area contributed by atoms with Crippen molar-refractivity contribution in [2.24, 2.45) is 0 Å². The van der Waals surface area contributed by atoms with Gasteiger partial charge in [-0.25, -0.2) is 0 Å². The predicted octanol–water partition coefficient (Wildman–Crippen LogP) is 6.68. The normalized spacial score (nSPS) is 9.90. The van der Waals surface area contributed by atoms with Gasteiger partial charge in [0.2, 0.25) is 0 Å². The first-order chi connectivity index (χ1) is 9.59. The molecule has 0 aliphatic heterocycles. The lowest BCUT2D eigenvalue weighted by atomic mass is 10.3. The standard InChI is InChI=1S/C14H12Br4N2.ClH/c15-9-3-1-4-10(16)13(9)19-7-8-20-14-11(17)5-2-6-12(14)18;/h1-6,19-20H,7-8H2;1H. The molecular weight excluding hydrogens is 551 g/mol. The summed E-state index contributed by atoms with van der Waals surface area (Å²) in [6.07, 6.45) is 0. The minimum absolute atomic E-state index is 0. The Morgan fingerprint density at radius 2 is 0.905 bits per heavy atom. The van der Waals surface area contributed by atoms with E-state index in [9.17, 15) is 0 Å². The molecule has 0 spiro atoms. The van der Waals surface area contributed by atoms with Gasteiger partial charge in [-0.15, -0.1) is 12.4 Å². The third-order valence-electron chi connectivity index (χ3n) is 2.65. The topological polar surface area (TPSA) is 24.1 Å². The quantitative estimate of drug-likeness (QED) is 0.396. The second kappa shape index (κ2) is 9.40. The number of nitrogens with one attached hydrogen (secondary N) is 2. The van der Waals surface area contributed by atoms with Crippen LogP contribution >= 0.6 is 76.1 Å². The van der Waals surface area contributed by atoms with E-state index < -0.39 is 0 Å². The van der Waals surface area contributed by atoms with Crippen LogP contribution in [0.1, 0.15) is 0 Å². The van der Waals surface area contributed by atoms with Gasteiger partial charge in [0.25, 0.3) is 0 Å². The zero-order valence-electron chi connectivity index (χ0n) is 10.8. The SMILES string of the molecule is Brc1cccc(Br)c1NCCNc1c(Br)cccc1Br.Cl. The summed E-state index contributed by atoms with van der Waals surface area (Å²) in [6, 6.07) is 12.1. The molecule has 0 atom stereocenters. The van der Waals surface area contributed by atoms with Crippen molar-refractivity contribution in [3.63, 3.8) is 0 Å². The molecule has 0 unspecified atom stereocenters. The molecule has 114 valence electrons. The van der Waals surface area contributed by atoms with Crippen molar-refractivity contribution in [3.8, 4) is 0 Å². The molecule has 2 N–H and O–H groups in total. The van der Waals surface area contributed by atoms with E-state index in [1.807, 2.05) is 36.4 Å². The first kappa shape index (κ1) is 19.3. The first-order valence-corrected chi connectivity index (χ1v) is 9.12. The van der Waals surface area contributed by atoms with Crippen LogP contribution in [0.15, 0.2) is 54.3 Å². The first-order valence-electron chi connectivity index (χ1n) is 5.95. The predicted molar refractivity (Wildman–Crippen MR) is 108 cm³/mol. The Hall–Kier alpha value is 0.250. The molecule has 7 heteroatoms. The van der Waals surface area contributed by atoms with Crippen molar-refractivity contribution in [1.29, 1.82) is 0 Å². The van der Waals surface area contributed by atoms with E-state index in [1.54, 1.807) is 0 Å². The Labute approximate surface area is 164 Å². The molecule has 2 aromatic rings. The van der Waals surface area contributed by atoms with E-state index in [0.29, 0.717) is 0 Å². The van der Waals surface area contributed by atoms with Crippen molar-refractivity contribution in [2.45, 2.75) is 0 Å². The second-order valence-electron chi connectivity index (χ2n) is 4.05. The fourth-order valence-electron chi connectivity index (χ4n) is 1.71. The van der Waals surface area contributed by atoms with Crippen LogP contribution in [0.25, 0.3) is 0 Å². The maximum Gasteiger partial charge on any atom is 0.0629 e. The minimum Gasteiger partial charge on any atom is -0.381 e. The van der Waals surface area contributed by atoms with E-state index in [4.69, 9.17) is 0 Å². The van der Waals surface area contributed by atoms with Crippen LogP contribution in [0.4, 0.5) is 11.4 Å². The van der Waals surface area contributed by atoms with Crippen LogP contribution in [-0.2, 0) is 0 Å². The summed E-state index contributed by atoms with van der Waals surface area (Å²) in [6.45, 7) is 1.63. The van der Waals surface area contributed by atoms with Gasteiger partial charge >= 0.3 is 0 Å². The monoisotopic (exact) mass is 560 g/mol. The Morgan fingerprint density at radius 3 is 1.19 bits per heavy atom. The van der Waals surface area contributed by atoms with Crippen molar-refractivity contribution < 1.29 is 0 Å². The van der Waals surface area contributed by atoms with Gasteiger partial charge < -0.3 is 10.6 Å². The Balaban J connectivity index is 0.00000220. The van der Waals surface area contributed by atoms with Gasteiger partial charge in [-0.1, -0.05) is 12.1 Å². The summed E-state index contributed by atoms with van der Waals surface area (Å²) in [5.41, 5.74) is 2.14. The molecule has 0 aliphatic carbocycles. The molecular formula is C14H13Br4ClN2. The smallest absolute Gasteiger partial charge is 0.0629 e. The van der Waals surface area contributed by atoms with Crippen LogP contribution in [0.2, 0.25) is 0 Å². The third kappa shape index (κ3) is 5.43. The summed E-state index contributed by atoms with van der Waals surface area (Å²) < 4.78 is 4.20. The van der Waals surface area contributed by atoms with Crippen LogP contribution in [0.3, 0.4) is 0 Å². The molecule has 0 heterocycles. The van der Waals surface area contributed by atoms with Crippen LogP contribution < -0.4 is 10.6 Å². The minimum atomic E-state index is 0.